The zero-order chi connectivity index (χ0) is 21.4. The van der Waals surface area contributed by atoms with Gasteiger partial charge in [-0.05, 0) is 32.0 Å². The summed E-state index contributed by atoms with van der Waals surface area (Å²) in [5.41, 5.74) is 1.67. The van der Waals surface area contributed by atoms with E-state index in [-0.39, 0.29) is 29.9 Å². The van der Waals surface area contributed by atoms with Gasteiger partial charge in [0.1, 0.15) is 11.5 Å². The Morgan fingerprint density at radius 3 is 2.63 bits per heavy atom. The maximum Gasteiger partial charge on any atom is 0.269 e. The van der Waals surface area contributed by atoms with Gasteiger partial charge in [-0.3, -0.25) is 4.79 Å². The van der Waals surface area contributed by atoms with E-state index in [0.717, 1.165) is 5.69 Å². The molecule has 0 bridgehead atoms. The first kappa shape index (κ1) is 20.5. The summed E-state index contributed by atoms with van der Waals surface area (Å²) in [5.74, 6) is -0.504. The Kier molecular flexibility index (Phi) is 5.57. The summed E-state index contributed by atoms with van der Waals surface area (Å²) in [6.45, 7) is 5.51. The summed E-state index contributed by atoms with van der Waals surface area (Å²) in [4.78, 5) is 14.8. The van der Waals surface area contributed by atoms with Crippen molar-refractivity contribution in [1.29, 1.82) is 0 Å². The minimum absolute atomic E-state index is 0.0773. The molecule has 158 valence electrons. The minimum atomic E-state index is -0.504. The van der Waals surface area contributed by atoms with Crippen LogP contribution < -0.4 is 10.5 Å². The lowest BCUT2D eigenvalue weighted by Crippen LogP contribution is -2.46. The lowest BCUT2D eigenvalue weighted by Gasteiger charge is -2.36. The summed E-state index contributed by atoms with van der Waals surface area (Å²) in [6.07, 6.45) is 1.82. The van der Waals surface area contributed by atoms with Gasteiger partial charge in [-0.25, -0.2) is 13.8 Å². The van der Waals surface area contributed by atoms with E-state index in [1.165, 1.54) is 15.4 Å². The lowest BCUT2D eigenvalue weighted by molar-refractivity contribution is -0.00525. The van der Waals surface area contributed by atoms with Crippen LogP contribution in [0.25, 0.3) is 11.3 Å². The Bertz CT molecular complexity index is 1120. The first-order valence-electron chi connectivity index (χ1n) is 9.63. The maximum absolute atomic E-state index is 14.4. The second kappa shape index (κ2) is 8.16. The van der Waals surface area contributed by atoms with E-state index in [4.69, 9.17) is 16.3 Å². The fourth-order valence-corrected chi connectivity index (χ4v) is 3.85. The first-order valence-corrected chi connectivity index (χ1v) is 10.0. The average Bonchev–Trinajstić information content (AvgIpc) is 3.03. The van der Waals surface area contributed by atoms with Gasteiger partial charge >= 0.3 is 0 Å². The van der Waals surface area contributed by atoms with Gasteiger partial charge in [0.15, 0.2) is 0 Å². The summed E-state index contributed by atoms with van der Waals surface area (Å²) < 4.78 is 23.0. The van der Waals surface area contributed by atoms with E-state index in [2.05, 4.69) is 20.3 Å². The monoisotopic (exact) mass is 432 g/mol. The zero-order valence-electron chi connectivity index (χ0n) is 16.9. The SMILES string of the molecule is CC1CN(c2cnn(Cc3c(-c4ccc(Cl)cc4F)nnn3C)c(=O)c2)CC(C)O1. The molecule has 3 aromatic rings. The highest BCUT2D eigenvalue weighted by atomic mass is 35.5. The van der Waals surface area contributed by atoms with Crippen molar-refractivity contribution in [2.45, 2.75) is 32.6 Å². The number of halogens is 2. The second-order valence-electron chi connectivity index (χ2n) is 7.50. The number of morpholine rings is 1. The van der Waals surface area contributed by atoms with Crippen LogP contribution >= 0.6 is 11.6 Å². The Hall–Kier alpha value is -2.78. The molecule has 10 heteroatoms. The fraction of sp³-hybridized carbons (Fsp3) is 0.400. The van der Waals surface area contributed by atoms with Crippen LogP contribution in [0.2, 0.25) is 5.02 Å². The Morgan fingerprint density at radius 1 is 1.23 bits per heavy atom. The number of hydrogen-bond donors (Lipinski definition) is 0. The number of hydrogen-bond acceptors (Lipinski definition) is 6. The molecule has 0 aliphatic carbocycles. The molecule has 2 unspecified atom stereocenters. The highest BCUT2D eigenvalue weighted by Gasteiger charge is 2.23. The lowest BCUT2D eigenvalue weighted by atomic mass is 10.1. The molecule has 1 aromatic carbocycles. The van der Waals surface area contributed by atoms with Crippen molar-refractivity contribution in [1.82, 2.24) is 24.8 Å². The molecule has 30 heavy (non-hydrogen) atoms. The van der Waals surface area contributed by atoms with E-state index in [0.29, 0.717) is 29.5 Å². The van der Waals surface area contributed by atoms with E-state index < -0.39 is 5.82 Å². The van der Waals surface area contributed by atoms with Gasteiger partial charge < -0.3 is 9.64 Å². The van der Waals surface area contributed by atoms with Gasteiger partial charge in [0.2, 0.25) is 0 Å². The normalized spacial score (nSPS) is 19.3. The third-order valence-electron chi connectivity index (χ3n) is 5.07. The van der Waals surface area contributed by atoms with Crippen molar-refractivity contribution in [3.63, 3.8) is 0 Å². The van der Waals surface area contributed by atoms with Crippen LogP contribution in [0.1, 0.15) is 19.5 Å². The summed E-state index contributed by atoms with van der Waals surface area (Å²) in [7, 11) is 1.69. The van der Waals surface area contributed by atoms with E-state index in [1.54, 1.807) is 31.4 Å². The number of aromatic nitrogens is 5. The van der Waals surface area contributed by atoms with Gasteiger partial charge in [-0.2, -0.15) is 5.10 Å². The Labute approximate surface area is 177 Å². The van der Waals surface area contributed by atoms with E-state index in [9.17, 15) is 9.18 Å². The third-order valence-corrected chi connectivity index (χ3v) is 5.30. The van der Waals surface area contributed by atoms with Crippen LogP contribution in [0.3, 0.4) is 0 Å². The van der Waals surface area contributed by atoms with Crippen LogP contribution in [0.15, 0.2) is 35.3 Å². The zero-order valence-corrected chi connectivity index (χ0v) is 17.7. The van der Waals surface area contributed by atoms with Gasteiger partial charge in [-0.15, -0.1) is 5.10 Å². The topological polar surface area (TPSA) is 78.1 Å². The molecule has 4 rings (SSSR count). The van der Waals surface area contributed by atoms with Crippen molar-refractivity contribution >= 4 is 17.3 Å². The van der Waals surface area contributed by atoms with Crippen LogP contribution in [-0.4, -0.2) is 50.1 Å². The first-order chi connectivity index (χ1) is 14.3. The number of anilines is 1. The molecule has 0 saturated carbocycles. The predicted molar refractivity (Wildman–Crippen MR) is 111 cm³/mol. The highest BCUT2D eigenvalue weighted by Crippen LogP contribution is 2.26. The number of ether oxygens (including phenoxy) is 1. The molecule has 0 N–H and O–H groups in total. The van der Waals surface area contributed by atoms with Crippen molar-refractivity contribution in [2.24, 2.45) is 7.05 Å². The molecule has 1 aliphatic rings. The predicted octanol–water partition coefficient (Wildman–Crippen LogP) is 2.49. The molecule has 1 saturated heterocycles. The van der Waals surface area contributed by atoms with Gasteiger partial charge in [-0.1, -0.05) is 16.8 Å². The Balaban J connectivity index is 1.63. The molecule has 8 nitrogen and oxygen atoms in total. The molecule has 0 radical (unpaired) electrons. The number of nitrogens with zero attached hydrogens (tertiary/aromatic N) is 6. The largest absolute Gasteiger partial charge is 0.372 e. The molecular weight excluding hydrogens is 411 g/mol. The molecule has 3 heterocycles. The van der Waals surface area contributed by atoms with E-state index in [1.807, 2.05) is 13.8 Å². The molecule has 1 fully saturated rings. The van der Waals surface area contributed by atoms with Gasteiger partial charge in [0.25, 0.3) is 5.56 Å². The van der Waals surface area contributed by atoms with Crippen LogP contribution in [-0.2, 0) is 18.3 Å². The molecular formula is C20H22ClFN6O2. The fourth-order valence-electron chi connectivity index (χ4n) is 3.69. The van der Waals surface area contributed by atoms with Crippen molar-refractivity contribution in [2.75, 3.05) is 18.0 Å². The Morgan fingerprint density at radius 2 is 1.97 bits per heavy atom. The third kappa shape index (κ3) is 4.08. The minimum Gasteiger partial charge on any atom is -0.372 e. The quantitative estimate of drug-likeness (QED) is 0.630. The molecule has 2 atom stereocenters. The van der Waals surface area contributed by atoms with Crippen molar-refractivity contribution in [3.8, 4) is 11.3 Å². The average molecular weight is 433 g/mol. The molecule has 2 aromatic heterocycles. The van der Waals surface area contributed by atoms with Crippen LogP contribution in [0.4, 0.5) is 10.1 Å². The second-order valence-corrected chi connectivity index (χ2v) is 7.94. The molecule has 1 aliphatic heterocycles. The number of rotatable bonds is 4. The standard InChI is InChI=1S/C20H22ClFN6O2/c1-12-9-27(10-13(2)30-12)15-7-19(29)28(23-8-15)11-18-20(24-25-26(18)3)16-5-4-14(21)6-17(16)22/h4-8,12-13H,9-11H2,1-3H3. The van der Waals surface area contributed by atoms with Gasteiger partial charge in [0.05, 0.1) is 36.3 Å². The number of aryl methyl sites for hydroxylation is 1. The van der Waals surface area contributed by atoms with Crippen LogP contribution in [0.5, 0.6) is 0 Å². The highest BCUT2D eigenvalue weighted by molar-refractivity contribution is 6.30. The van der Waals surface area contributed by atoms with Crippen molar-refractivity contribution in [3.05, 3.63) is 57.3 Å². The molecule has 0 spiro atoms. The van der Waals surface area contributed by atoms with Crippen molar-refractivity contribution < 1.29 is 9.13 Å². The molecule has 0 amide bonds. The number of benzene rings is 1. The summed E-state index contributed by atoms with van der Waals surface area (Å²) in [5, 5.41) is 12.7. The summed E-state index contributed by atoms with van der Waals surface area (Å²) >= 11 is 5.85. The smallest absolute Gasteiger partial charge is 0.269 e. The van der Waals surface area contributed by atoms with E-state index >= 15 is 0 Å². The van der Waals surface area contributed by atoms with Crippen LogP contribution in [0, 0.1) is 5.82 Å². The summed E-state index contributed by atoms with van der Waals surface area (Å²) in [6, 6.07) is 5.91. The van der Waals surface area contributed by atoms with Gasteiger partial charge in [0, 0.05) is 36.8 Å². The maximum atomic E-state index is 14.4.